The quantitative estimate of drug-likeness (QED) is 0.725. The highest BCUT2D eigenvalue weighted by Gasteiger charge is 2.34. The van der Waals surface area contributed by atoms with Gasteiger partial charge in [-0.25, -0.2) is 0 Å². The second-order valence-corrected chi connectivity index (χ2v) is 4.63. The summed E-state index contributed by atoms with van der Waals surface area (Å²) in [6, 6.07) is 0.843. The fourth-order valence-electron chi connectivity index (χ4n) is 2.85. The predicted molar refractivity (Wildman–Crippen MR) is 54.2 cm³/mol. The van der Waals surface area contributed by atoms with Crippen LogP contribution in [-0.4, -0.2) is 23.2 Å². The van der Waals surface area contributed by atoms with Crippen LogP contribution >= 0.6 is 0 Å². The van der Waals surface area contributed by atoms with Crippen molar-refractivity contribution in [3.63, 3.8) is 0 Å². The Morgan fingerprint density at radius 2 is 1.79 bits per heavy atom. The van der Waals surface area contributed by atoms with Crippen LogP contribution in [0.25, 0.3) is 0 Å². The summed E-state index contributed by atoms with van der Waals surface area (Å²) in [6.45, 7) is 0. The Morgan fingerprint density at radius 3 is 2.43 bits per heavy atom. The minimum absolute atomic E-state index is 0.129. The van der Waals surface area contributed by atoms with E-state index in [4.69, 9.17) is 5.11 Å². The molecule has 2 rings (SSSR count). The number of hydrogen-bond donors (Lipinski definition) is 2. The molecule has 0 unspecified atom stereocenters. The molecule has 0 aromatic rings. The Kier molecular flexibility index (Phi) is 3.06. The van der Waals surface area contributed by atoms with Crippen molar-refractivity contribution in [1.82, 2.24) is 5.32 Å². The lowest BCUT2D eigenvalue weighted by molar-refractivity contribution is -0.142. The van der Waals surface area contributed by atoms with Crippen molar-refractivity contribution < 1.29 is 9.90 Å². The fourth-order valence-corrected chi connectivity index (χ4v) is 2.85. The SMILES string of the molecule is O=C(O)[C@H]1CCC[C@@H]1NC1CCCC1. The van der Waals surface area contributed by atoms with Gasteiger partial charge in [-0.2, -0.15) is 0 Å². The molecular weight excluding hydrogens is 178 g/mol. The van der Waals surface area contributed by atoms with Crippen LogP contribution in [0.1, 0.15) is 44.9 Å². The minimum Gasteiger partial charge on any atom is -0.481 e. The summed E-state index contributed by atoms with van der Waals surface area (Å²) >= 11 is 0. The maximum absolute atomic E-state index is 10.9. The van der Waals surface area contributed by atoms with Gasteiger partial charge in [0, 0.05) is 12.1 Å². The van der Waals surface area contributed by atoms with Gasteiger partial charge in [0.2, 0.25) is 0 Å². The Labute approximate surface area is 84.9 Å². The van der Waals surface area contributed by atoms with Gasteiger partial charge in [0.25, 0.3) is 0 Å². The lowest BCUT2D eigenvalue weighted by Crippen LogP contribution is -2.41. The number of aliphatic carboxylic acids is 1. The van der Waals surface area contributed by atoms with Crippen LogP contribution in [0, 0.1) is 5.92 Å². The van der Waals surface area contributed by atoms with Crippen LogP contribution < -0.4 is 5.32 Å². The van der Waals surface area contributed by atoms with E-state index in [0.29, 0.717) is 6.04 Å². The van der Waals surface area contributed by atoms with Crippen LogP contribution in [-0.2, 0) is 4.79 Å². The molecule has 80 valence electrons. The van der Waals surface area contributed by atoms with Gasteiger partial charge in [-0.15, -0.1) is 0 Å². The Balaban J connectivity index is 1.86. The van der Waals surface area contributed by atoms with Crippen LogP contribution in [0.2, 0.25) is 0 Å². The van der Waals surface area contributed by atoms with Gasteiger partial charge in [-0.05, 0) is 25.7 Å². The molecule has 0 radical (unpaired) electrons. The van der Waals surface area contributed by atoms with E-state index in [9.17, 15) is 4.79 Å². The molecule has 2 fully saturated rings. The van der Waals surface area contributed by atoms with Gasteiger partial charge in [0.1, 0.15) is 0 Å². The summed E-state index contributed by atoms with van der Waals surface area (Å²) in [6.07, 6.45) is 8.07. The van der Waals surface area contributed by atoms with Crippen molar-refractivity contribution in [2.45, 2.75) is 57.0 Å². The number of carbonyl (C=O) groups is 1. The average molecular weight is 197 g/mol. The second kappa shape index (κ2) is 4.30. The highest BCUT2D eigenvalue weighted by molar-refractivity contribution is 5.71. The summed E-state index contributed by atoms with van der Waals surface area (Å²) in [7, 11) is 0. The Morgan fingerprint density at radius 1 is 1.07 bits per heavy atom. The first-order chi connectivity index (χ1) is 6.77. The first-order valence-corrected chi connectivity index (χ1v) is 5.76. The lowest BCUT2D eigenvalue weighted by atomic mass is 10.0. The monoisotopic (exact) mass is 197 g/mol. The van der Waals surface area contributed by atoms with Crippen LogP contribution in [0.3, 0.4) is 0 Å². The summed E-state index contributed by atoms with van der Waals surface area (Å²) in [4.78, 5) is 10.9. The molecule has 0 aromatic heterocycles. The van der Waals surface area contributed by atoms with Crippen LogP contribution in [0.4, 0.5) is 0 Å². The number of nitrogens with one attached hydrogen (secondary N) is 1. The van der Waals surface area contributed by atoms with Gasteiger partial charge >= 0.3 is 5.97 Å². The third-order valence-corrected chi connectivity index (χ3v) is 3.64. The molecule has 3 nitrogen and oxygen atoms in total. The van der Waals surface area contributed by atoms with Gasteiger partial charge in [-0.1, -0.05) is 19.3 Å². The lowest BCUT2D eigenvalue weighted by Gasteiger charge is -2.22. The standard InChI is InChI=1S/C11H19NO2/c13-11(14)9-6-3-7-10(9)12-8-4-1-2-5-8/h8-10,12H,1-7H2,(H,13,14)/t9-,10-/m0/s1. The third kappa shape index (κ3) is 2.08. The van der Waals surface area contributed by atoms with Gasteiger partial charge in [0.15, 0.2) is 0 Å². The molecule has 0 aliphatic heterocycles. The van der Waals surface area contributed by atoms with E-state index in [1.54, 1.807) is 0 Å². The zero-order valence-corrected chi connectivity index (χ0v) is 8.54. The van der Waals surface area contributed by atoms with E-state index in [1.165, 1.54) is 25.7 Å². The van der Waals surface area contributed by atoms with E-state index in [2.05, 4.69) is 5.32 Å². The van der Waals surface area contributed by atoms with E-state index in [1.807, 2.05) is 0 Å². The zero-order chi connectivity index (χ0) is 9.97. The van der Waals surface area contributed by atoms with Crippen LogP contribution in [0.15, 0.2) is 0 Å². The minimum atomic E-state index is -0.613. The van der Waals surface area contributed by atoms with E-state index in [-0.39, 0.29) is 12.0 Å². The van der Waals surface area contributed by atoms with E-state index < -0.39 is 5.97 Å². The molecule has 2 N–H and O–H groups in total. The molecule has 0 spiro atoms. The normalized spacial score (nSPS) is 33.7. The molecule has 2 saturated carbocycles. The number of carboxylic acid groups (broad SMARTS) is 1. The first kappa shape index (κ1) is 9.97. The maximum atomic E-state index is 10.9. The second-order valence-electron chi connectivity index (χ2n) is 4.63. The highest BCUT2D eigenvalue weighted by Crippen LogP contribution is 2.28. The summed E-state index contributed by atoms with van der Waals surface area (Å²) in [5.41, 5.74) is 0. The molecule has 2 aliphatic rings. The Bertz CT molecular complexity index is 211. The fraction of sp³-hybridized carbons (Fsp3) is 0.909. The highest BCUT2D eigenvalue weighted by atomic mass is 16.4. The molecule has 14 heavy (non-hydrogen) atoms. The maximum Gasteiger partial charge on any atom is 0.308 e. The molecule has 2 atom stereocenters. The summed E-state index contributed by atoms with van der Waals surface area (Å²) in [5, 5.41) is 12.5. The van der Waals surface area contributed by atoms with Crippen molar-refractivity contribution >= 4 is 5.97 Å². The van der Waals surface area contributed by atoms with Gasteiger partial charge in [0.05, 0.1) is 5.92 Å². The molecule has 0 aromatic carbocycles. The topological polar surface area (TPSA) is 49.3 Å². The molecule has 3 heteroatoms. The van der Waals surface area contributed by atoms with Crippen molar-refractivity contribution in [2.75, 3.05) is 0 Å². The van der Waals surface area contributed by atoms with Crippen molar-refractivity contribution in [1.29, 1.82) is 0 Å². The molecule has 0 heterocycles. The number of hydrogen-bond acceptors (Lipinski definition) is 2. The van der Waals surface area contributed by atoms with Gasteiger partial charge in [-0.3, -0.25) is 4.79 Å². The molecular formula is C11H19NO2. The van der Waals surface area contributed by atoms with E-state index in [0.717, 1.165) is 19.3 Å². The smallest absolute Gasteiger partial charge is 0.308 e. The predicted octanol–water partition coefficient (Wildman–Crippen LogP) is 1.77. The molecule has 2 aliphatic carbocycles. The molecule has 0 amide bonds. The van der Waals surface area contributed by atoms with Crippen molar-refractivity contribution in [3.8, 4) is 0 Å². The number of carboxylic acids is 1. The number of rotatable bonds is 3. The van der Waals surface area contributed by atoms with Gasteiger partial charge < -0.3 is 10.4 Å². The zero-order valence-electron chi connectivity index (χ0n) is 8.54. The summed E-state index contributed by atoms with van der Waals surface area (Å²) < 4.78 is 0. The molecule has 0 bridgehead atoms. The average Bonchev–Trinajstić information content (AvgIpc) is 2.75. The Hall–Kier alpha value is -0.570. The van der Waals surface area contributed by atoms with Crippen molar-refractivity contribution in [2.24, 2.45) is 5.92 Å². The van der Waals surface area contributed by atoms with E-state index >= 15 is 0 Å². The molecule has 0 saturated heterocycles. The third-order valence-electron chi connectivity index (χ3n) is 3.64. The van der Waals surface area contributed by atoms with Crippen LogP contribution in [0.5, 0.6) is 0 Å². The van der Waals surface area contributed by atoms with Crippen molar-refractivity contribution in [3.05, 3.63) is 0 Å². The first-order valence-electron chi connectivity index (χ1n) is 5.76. The summed E-state index contributed by atoms with van der Waals surface area (Å²) in [5.74, 6) is -0.742. The largest absolute Gasteiger partial charge is 0.481 e.